The first-order valence-corrected chi connectivity index (χ1v) is 9.76. The normalized spacial score (nSPS) is 13.8. The number of carbonyl (C=O) groups excluding carboxylic acids is 1. The molecule has 0 bridgehead atoms. The molecule has 0 unspecified atom stereocenters. The molecular formula is C17H15BrF3N5O5. The molecule has 1 fully saturated rings. The number of carbonyl (C=O) groups is 1. The molecule has 31 heavy (non-hydrogen) atoms. The van der Waals surface area contributed by atoms with Crippen molar-refractivity contribution in [1.29, 1.82) is 0 Å². The molecule has 0 atom stereocenters. The number of benzene rings is 1. The van der Waals surface area contributed by atoms with Crippen LogP contribution in [0.25, 0.3) is 0 Å². The molecular weight excluding hydrogens is 491 g/mol. The monoisotopic (exact) mass is 505 g/mol. The number of rotatable bonds is 7. The zero-order valence-corrected chi connectivity index (χ0v) is 17.5. The van der Waals surface area contributed by atoms with E-state index in [1.807, 2.05) is 0 Å². The number of nitro groups is 2. The van der Waals surface area contributed by atoms with Gasteiger partial charge in [0, 0.05) is 24.5 Å². The molecule has 1 aromatic heterocycles. The number of hydrogen-bond donors (Lipinski definition) is 1. The molecule has 0 saturated heterocycles. The Labute approximate surface area is 180 Å². The third-order valence-corrected chi connectivity index (χ3v) is 5.53. The number of hydrogen-bond acceptors (Lipinski definition) is 6. The Morgan fingerprint density at radius 3 is 2.26 bits per heavy atom. The van der Waals surface area contributed by atoms with Crippen molar-refractivity contribution in [3.63, 3.8) is 0 Å². The molecule has 166 valence electrons. The summed E-state index contributed by atoms with van der Waals surface area (Å²) in [5.74, 6) is -0.766. The first kappa shape index (κ1) is 22.7. The van der Waals surface area contributed by atoms with Gasteiger partial charge in [-0.05, 0) is 35.7 Å². The summed E-state index contributed by atoms with van der Waals surface area (Å²) in [6, 6.07) is 1.98. The highest BCUT2D eigenvalue weighted by Crippen LogP contribution is 2.47. The van der Waals surface area contributed by atoms with Crippen molar-refractivity contribution < 1.29 is 27.8 Å². The predicted molar refractivity (Wildman–Crippen MR) is 105 cm³/mol. The van der Waals surface area contributed by atoms with Crippen molar-refractivity contribution in [2.45, 2.75) is 44.8 Å². The number of alkyl halides is 3. The van der Waals surface area contributed by atoms with E-state index in [4.69, 9.17) is 0 Å². The number of anilines is 1. The maximum atomic E-state index is 13.2. The van der Waals surface area contributed by atoms with Crippen LogP contribution in [0.15, 0.2) is 16.6 Å². The molecule has 1 saturated carbocycles. The van der Waals surface area contributed by atoms with Gasteiger partial charge in [0.2, 0.25) is 5.91 Å². The van der Waals surface area contributed by atoms with Gasteiger partial charge in [-0.15, -0.1) is 0 Å². The van der Waals surface area contributed by atoms with Crippen molar-refractivity contribution in [1.82, 2.24) is 9.78 Å². The fraction of sp³-hybridized carbons (Fsp3) is 0.412. The summed E-state index contributed by atoms with van der Waals surface area (Å²) in [7, 11) is 0. The van der Waals surface area contributed by atoms with Crippen LogP contribution in [-0.4, -0.2) is 25.5 Å². The summed E-state index contributed by atoms with van der Waals surface area (Å²) in [5.41, 5.74) is -2.10. The second-order valence-corrected chi connectivity index (χ2v) is 7.79. The fourth-order valence-corrected chi connectivity index (χ4v) is 3.95. The highest BCUT2D eigenvalue weighted by molar-refractivity contribution is 9.10. The van der Waals surface area contributed by atoms with Gasteiger partial charge >= 0.3 is 6.18 Å². The lowest BCUT2D eigenvalue weighted by Gasteiger charge is -2.09. The lowest BCUT2D eigenvalue weighted by atomic mass is 10.1. The van der Waals surface area contributed by atoms with E-state index in [1.165, 1.54) is 6.92 Å². The van der Waals surface area contributed by atoms with Gasteiger partial charge in [0.15, 0.2) is 5.69 Å². The van der Waals surface area contributed by atoms with Gasteiger partial charge in [-0.2, -0.15) is 18.3 Å². The van der Waals surface area contributed by atoms with Crippen LogP contribution in [-0.2, 0) is 17.5 Å². The number of aryl methyl sites for hydroxylation is 1. The fourth-order valence-electron chi connectivity index (χ4n) is 3.12. The third-order valence-electron chi connectivity index (χ3n) is 4.74. The Hall–Kier alpha value is -3.03. The Balaban J connectivity index is 1.79. The van der Waals surface area contributed by atoms with E-state index in [0.717, 1.165) is 16.8 Å². The van der Waals surface area contributed by atoms with Gasteiger partial charge in [0.1, 0.15) is 5.56 Å². The van der Waals surface area contributed by atoms with E-state index in [0.29, 0.717) is 18.5 Å². The van der Waals surface area contributed by atoms with Crippen LogP contribution in [0.5, 0.6) is 0 Å². The highest BCUT2D eigenvalue weighted by atomic mass is 79.9. The minimum absolute atomic E-state index is 0.0802. The maximum absolute atomic E-state index is 13.2. The summed E-state index contributed by atoms with van der Waals surface area (Å²) in [4.78, 5) is 32.9. The number of amides is 1. The smallest absolute Gasteiger partial charge is 0.326 e. The second kappa shape index (κ2) is 8.24. The lowest BCUT2D eigenvalue weighted by molar-refractivity contribution is -0.395. The van der Waals surface area contributed by atoms with Crippen LogP contribution in [0.3, 0.4) is 0 Å². The van der Waals surface area contributed by atoms with E-state index in [9.17, 15) is 38.2 Å². The first-order chi connectivity index (χ1) is 14.4. The first-order valence-electron chi connectivity index (χ1n) is 8.96. The number of nitro benzene ring substituents is 2. The van der Waals surface area contributed by atoms with Crippen LogP contribution < -0.4 is 5.32 Å². The third kappa shape index (κ3) is 4.84. The average molecular weight is 506 g/mol. The van der Waals surface area contributed by atoms with Gasteiger partial charge in [-0.25, -0.2) is 0 Å². The zero-order chi connectivity index (χ0) is 23.1. The standard InChI is InChI=1S/C17H15BrF3N5O5/c1-8-11(25(28)29)6-10(7-12(8)26(30)31)22-13(27)4-5-24-15(9-2-3-9)14(18)16(23-24)17(19,20)21/h6-7,9H,2-5H2,1H3,(H,22,27). The summed E-state index contributed by atoms with van der Waals surface area (Å²) >= 11 is 2.96. The van der Waals surface area contributed by atoms with Crippen molar-refractivity contribution in [3.8, 4) is 0 Å². The van der Waals surface area contributed by atoms with Gasteiger partial charge in [0.25, 0.3) is 11.4 Å². The minimum atomic E-state index is -4.66. The van der Waals surface area contributed by atoms with Crippen LogP contribution in [0, 0.1) is 27.2 Å². The quantitative estimate of drug-likeness (QED) is 0.428. The number of aromatic nitrogens is 2. The number of halogens is 4. The molecule has 1 N–H and O–H groups in total. The van der Waals surface area contributed by atoms with Crippen LogP contribution in [0.2, 0.25) is 0 Å². The molecule has 2 aromatic rings. The van der Waals surface area contributed by atoms with E-state index < -0.39 is 39.0 Å². The van der Waals surface area contributed by atoms with E-state index in [1.54, 1.807) is 0 Å². The molecule has 1 aliphatic rings. The predicted octanol–water partition coefficient (Wildman–Crippen LogP) is 4.70. The largest absolute Gasteiger partial charge is 0.436 e. The number of nitrogens with zero attached hydrogens (tertiary/aromatic N) is 4. The molecule has 1 heterocycles. The van der Waals surface area contributed by atoms with Crippen molar-refractivity contribution in [2.75, 3.05) is 5.32 Å². The van der Waals surface area contributed by atoms with Crippen molar-refractivity contribution in [3.05, 3.63) is 53.8 Å². The molecule has 3 rings (SSSR count). The van der Waals surface area contributed by atoms with Gasteiger partial charge < -0.3 is 5.32 Å². The molecule has 10 nitrogen and oxygen atoms in total. The average Bonchev–Trinajstić information content (AvgIpc) is 3.42. The number of nitrogens with one attached hydrogen (secondary N) is 1. The topological polar surface area (TPSA) is 133 Å². The van der Waals surface area contributed by atoms with Gasteiger partial charge in [0.05, 0.1) is 32.2 Å². The van der Waals surface area contributed by atoms with Crippen LogP contribution in [0.1, 0.15) is 42.1 Å². The van der Waals surface area contributed by atoms with Gasteiger partial charge in [-0.3, -0.25) is 29.7 Å². The molecule has 0 aliphatic heterocycles. The molecule has 1 aliphatic carbocycles. The summed E-state index contributed by atoms with van der Waals surface area (Å²) in [6.07, 6.45) is -3.52. The summed E-state index contributed by atoms with van der Waals surface area (Å²) in [5, 5.41) is 28.2. The molecule has 1 aromatic carbocycles. The van der Waals surface area contributed by atoms with Gasteiger partial charge in [-0.1, -0.05) is 0 Å². The minimum Gasteiger partial charge on any atom is -0.326 e. The Morgan fingerprint density at radius 2 is 1.81 bits per heavy atom. The van der Waals surface area contributed by atoms with Crippen LogP contribution >= 0.6 is 15.9 Å². The molecule has 0 spiro atoms. The zero-order valence-electron chi connectivity index (χ0n) is 15.9. The Kier molecular flexibility index (Phi) is 6.02. The molecule has 1 amide bonds. The Bertz CT molecular complexity index is 1050. The summed E-state index contributed by atoms with van der Waals surface area (Å²) in [6.45, 7) is 1.05. The SMILES string of the molecule is Cc1c([N+](=O)[O-])cc(NC(=O)CCn2nc(C(F)(F)F)c(Br)c2C2CC2)cc1[N+](=O)[O-]. The van der Waals surface area contributed by atoms with E-state index >= 15 is 0 Å². The Morgan fingerprint density at radius 1 is 1.26 bits per heavy atom. The van der Waals surface area contributed by atoms with E-state index in [2.05, 4.69) is 26.3 Å². The lowest BCUT2D eigenvalue weighted by Crippen LogP contribution is -2.17. The molecule has 0 radical (unpaired) electrons. The van der Waals surface area contributed by atoms with Crippen molar-refractivity contribution >= 4 is 38.9 Å². The second-order valence-electron chi connectivity index (χ2n) is 6.99. The maximum Gasteiger partial charge on any atom is 0.436 e. The van der Waals surface area contributed by atoms with Crippen LogP contribution in [0.4, 0.5) is 30.2 Å². The summed E-state index contributed by atoms with van der Waals surface area (Å²) < 4.78 is 40.5. The van der Waals surface area contributed by atoms with E-state index in [-0.39, 0.29) is 34.6 Å². The highest BCUT2D eigenvalue weighted by Gasteiger charge is 2.41. The van der Waals surface area contributed by atoms with Crippen molar-refractivity contribution in [2.24, 2.45) is 0 Å². The molecule has 14 heteroatoms.